The van der Waals surface area contributed by atoms with Gasteiger partial charge in [-0.1, -0.05) is 31.2 Å². The summed E-state index contributed by atoms with van der Waals surface area (Å²) >= 11 is 0. The molecule has 0 amide bonds. The molecule has 0 radical (unpaired) electrons. The summed E-state index contributed by atoms with van der Waals surface area (Å²) in [7, 11) is -3.58. The average molecular weight is 380 g/mol. The number of halogens is 1. The fourth-order valence-electron chi connectivity index (χ4n) is 2.17. The summed E-state index contributed by atoms with van der Waals surface area (Å²) in [6.07, 6.45) is 4.09. The van der Waals surface area contributed by atoms with Gasteiger partial charge in [-0.05, 0) is 19.9 Å². The van der Waals surface area contributed by atoms with Crippen molar-refractivity contribution in [2.45, 2.75) is 31.2 Å². The van der Waals surface area contributed by atoms with Gasteiger partial charge in [0.1, 0.15) is 4.90 Å². The van der Waals surface area contributed by atoms with Crippen molar-refractivity contribution in [3.8, 4) is 0 Å². The standard InChI is InChI=1S/C15H21N3O2S.ClH.2H2O/c1-3-8-16-9-12(2)18-21(19,20)15-11-17-10-13-6-4-5-7-14(13)15;;;/h4-7,10-12,16,18H,3,8-9H2,1-2H3;1H;2*1H2. The van der Waals surface area contributed by atoms with Crippen molar-refractivity contribution in [3.63, 3.8) is 0 Å². The number of nitrogens with one attached hydrogen (secondary N) is 2. The minimum atomic E-state index is -3.58. The second-order valence-electron chi connectivity index (χ2n) is 5.09. The molecule has 1 heterocycles. The molecule has 6 N–H and O–H groups in total. The summed E-state index contributed by atoms with van der Waals surface area (Å²) in [5, 5.41) is 4.71. The van der Waals surface area contributed by atoms with E-state index in [9.17, 15) is 8.42 Å². The molecule has 0 fully saturated rings. The molecule has 0 spiro atoms. The van der Waals surface area contributed by atoms with Gasteiger partial charge in [-0.2, -0.15) is 0 Å². The topological polar surface area (TPSA) is 134 Å². The van der Waals surface area contributed by atoms with E-state index in [2.05, 4.69) is 21.9 Å². The van der Waals surface area contributed by atoms with E-state index in [1.54, 1.807) is 12.3 Å². The Kier molecular flexibility index (Phi) is 11.7. The monoisotopic (exact) mass is 379 g/mol. The third-order valence-electron chi connectivity index (χ3n) is 3.15. The van der Waals surface area contributed by atoms with Gasteiger partial charge < -0.3 is 16.3 Å². The highest BCUT2D eigenvalue weighted by atomic mass is 35.5. The zero-order chi connectivity index (χ0) is 15.3. The summed E-state index contributed by atoms with van der Waals surface area (Å²) in [5.41, 5.74) is 0. The summed E-state index contributed by atoms with van der Waals surface area (Å²) in [5.74, 6) is 0. The van der Waals surface area contributed by atoms with Gasteiger partial charge in [0.15, 0.2) is 0 Å². The third kappa shape index (κ3) is 6.31. The van der Waals surface area contributed by atoms with E-state index < -0.39 is 10.0 Å². The van der Waals surface area contributed by atoms with Crippen LogP contribution in [0.2, 0.25) is 0 Å². The van der Waals surface area contributed by atoms with Crippen LogP contribution < -0.4 is 10.0 Å². The van der Waals surface area contributed by atoms with Crippen LogP contribution in [0.15, 0.2) is 41.6 Å². The van der Waals surface area contributed by atoms with Crippen molar-refractivity contribution < 1.29 is 19.4 Å². The van der Waals surface area contributed by atoms with Crippen molar-refractivity contribution in [2.75, 3.05) is 13.1 Å². The molecule has 1 atom stereocenters. The zero-order valence-electron chi connectivity index (χ0n) is 13.7. The molecule has 2 rings (SSSR count). The highest BCUT2D eigenvalue weighted by molar-refractivity contribution is 7.89. The lowest BCUT2D eigenvalue weighted by molar-refractivity contribution is 0.536. The molecule has 7 nitrogen and oxygen atoms in total. The molecular formula is C15H26ClN3O4S. The first-order valence-corrected chi connectivity index (χ1v) is 8.58. The van der Waals surface area contributed by atoms with Crippen LogP contribution in [0, 0.1) is 0 Å². The Morgan fingerprint density at radius 1 is 1.17 bits per heavy atom. The molecule has 0 aliphatic heterocycles. The summed E-state index contributed by atoms with van der Waals surface area (Å²) in [6, 6.07) is 7.17. The van der Waals surface area contributed by atoms with Gasteiger partial charge in [0.2, 0.25) is 10.0 Å². The fraction of sp³-hybridized carbons (Fsp3) is 0.400. The highest BCUT2D eigenvalue weighted by Crippen LogP contribution is 2.21. The van der Waals surface area contributed by atoms with Crippen LogP contribution in [0.1, 0.15) is 20.3 Å². The Morgan fingerprint density at radius 2 is 1.83 bits per heavy atom. The smallest absolute Gasteiger partial charge is 0.243 e. The molecule has 138 valence electrons. The minimum Gasteiger partial charge on any atom is -0.412 e. The molecule has 2 aromatic rings. The largest absolute Gasteiger partial charge is 0.412 e. The van der Waals surface area contributed by atoms with Crippen molar-refractivity contribution >= 4 is 33.2 Å². The van der Waals surface area contributed by atoms with E-state index in [0.29, 0.717) is 11.9 Å². The maximum absolute atomic E-state index is 12.5. The van der Waals surface area contributed by atoms with Crippen LogP contribution >= 0.6 is 12.4 Å². The molecule has 9 heteroatoms. The highest BCUT2D eigenvalue weighted by Gasteiger charge is 2.20. The van der Waals surface area contributed by atoms with Crippen molar-refractivity contribution in [3.05, 3.63) is 36.7 Å². The average Bonchev–Trinajstić information content (AvgIpc) is 2.46. The van der Waals surface area contributed by atoms with E-state index in [1.165, 1.54) is 6.20 Å². The predicted molar refractivity (Wildman–Crippen MR) is 99.2 cm³/mol. The van der Waals surface area contributed by atoms with E-state index in [0.717, 1.165) is 18.4 Å². The lowest BCUT2D eigenvalue weighted by Crippen LogP contribution is -2.40. The molecule has 1 unspecified atom stereocenters. The van der Waals surface area contributed by atoms with Crippen molar-refractivity contribution in [1.29, 1.82) is 0 Å². The Bertz CT molecular complexity index is 707. The van der Waals surface area contributed by atoms with Gasteiger partial charge in [0.05, 0.1) is 0 Å². The lowest BCUT2D eigenvalue weighted by atomic mass is 10.2. The van der Waals surface area contributed by atoms with E-state index in [4.69, 9.17) is 0 Å². The Hall–Kier alpha value is -1.29. The van der Waals surface area contributed by atoms with Gasteiger partial charge in [0, 0.05) is 35.8 Å². The number of aromatic nitrogens is 1. The predicted octanol–water partition coefficient (Wildman–Crippen LogP) is 0.674. The number of hydrogen-bond acceptors (Lipinski definition) is 4. The van der Waals surface area contributed by atoms with Crippen LogP contribution in [-0.2, 0) is 10.0 Å². The summed E-state index contributed by atoms with van der Waals surface area (Å²) in [6.45, 7) is 5.40. The molecule has 0 saturated heterocycles. The quantitative estimate of drug-likeness (QED) is 0.683. The molecule has 1 aromatic heterocycles. The molecule has 0 bridgehead atoms. The number of hydrogen-bond donors (Lipinski definition) is 2. The maximum Gasteiger partial charge on any atom is 0.243 e. The number of nitrogens with zero attached hydrogens (tertiary/aromatic N) is 1. The first kappa shape index (κ1) is 25.0. The Balaban J connectivity index is 0. The van der Waals surface area contributed by atoms with Gasteiger partial charge in [0.25, 0.3) is 0 Å². The summed E-state index contributed by atoms with van der Waals surface area (Å²) in [4.78, 5) is 4.25. The maximum atomic E-state index is 12.5. The number of sulfonamides is 1. The molecule has 1 aromatic carbocycles. The summed E-state index contributed by atoms with van der Waals surface area (Å²) < 4.78 is 27.7. The Morgan fingerprint density at radius 3 is 2.50 bits per heavy atom. The number of benzene rings is 1. The van der Waals surface area contributed by atoms with Crippen LogP contribution in [0.3, 0.4) is 0 Å². The van der Waals surface area contributed by atoms with Crippen LogP contribution in [-0.4, -0.2) is 43.5 Å². The van der Waals surface area contributed by atoms with Crippen molar-refractivity contribution in [1.82, 2.24) is 15.0 Å². The van der Waals surface area contributed by atoms with Crippen LogP contribution in [0.5, 0.6) is 0 Å². The van der Waals surface area contributed by atoms with Gasteiger partial charge >= 0.3 is 0 Å². The van der Waals surface area contributed by atoms with Gasteiger partial charge in [-0.15, -0.1) is 12.4 Å². The fourth-order valence-corrected chi connectivity index (χ4v) is 3.58. The number of rotatable bonds is 7. The first-order valence-electron chi connectivity index (χ1n) is 7.10. The zero-order valence-corrected chi connectivity index (χ0v) is 15.4. The molecule has 24 heavy (non-hydrogen) atoms. The lowest BCUT2D eigenvalue weighted by Gasteiger charge is -2.15. The van der Waals surface area contributed by atoms with Gasteiger partial charge in [-0.3, -0.25) is 4.98 Å². The van der Waals surface area contributed by atoms with E-state index >= 15 is 0 Å². The molecular weight excluding hydrogens is 354 g/mol. The minimum absolute atomic E-state index is 0. The third-order valence-corrected chi connectivity index (χ3v) is 4.77. The molecule has 0 saturated carbocycles. The van der Waals surface area contributed by atoms with Crippen LogP contribution in [0.4, 0.5) is 0 Å². The van der Waals surface area contributed by atoms with Crippen LogP contribution in [0.25, 0.3) is 10.8 Å². The number of pyridine rings is 1. The molecule has 0 aliphatic rings. The normalized spacial score (nSPS) is 11.8. The second-order valence-corrected chi connectivity index (χ2v) is 6.77. The van der Waals surface area contributed by atoms with E-state index in [-0.39, 0.29) is 34.3 Å². The SMILES string of the molecule is CCCNCC(C)NS(=O)(=O)c1cncc2ccccc12.Cl.O.O. The molecule has 0 aliphatic carbocycles. The first-order chi connectivity index (χ1) is 10.0. The Labute approximate surface area is 148 Å². The second kappa shape index (κ2) is 11.3. The number of fused-ring (bicyclic) bond motifs is 1. The van der Waals surface area contributed by atoms with Gasteiger partial charge in [-0.25, -0.2) is 13.1 Å². The van der Waals surface area contributed by atoms with Crippen molar-refractivity contribution in [2.24, 2.45) is 0 Å². The van der Waals surface area contributed by atoms with E-state index in [1.807, 2.05) is 25.1 Å².